The smallest absolute Gasteiger partial charge is 0.267 e. The summed E-state index contributed by atoms with van der Waals surface area (Å²) < 4.78 is 0.793. The Hall–Kier alpha value is -3.44. The van der Waals surface area contributed by atoms with Crippen molar-refractivity contribution in [3.05, 3.63) is 124 Å². The fraction of sp³-hybridized carbons (Fsp3) is 0.0769. The van der Waals surface area contributed by atoms with Gasteiger partial charge in [-0.05, 0) is 41.8 Å². The van der Waals surface area contributed by atoms with Gasteiger partial charge in [0.1, 0.15) is 5.70 Å². The zero-order valence-electron chi connectivity index (χ0n) is 16.9. The molecule has 0 fully saturated rings. The van der Waals surface area contributed by atoms with Crippen LogP contribution in [-0.4, -0.2) is 18.4 Å². The van der Waals surface area contributed by atoms with Crippen LogP contribution >= 0.6 is 15.9 Å². The molecule has 0 unspecified atom stereocenters. The SMILES string of the molecule is O=C(NCCc1ccccc1)/C(=C/C=C\c1ccccc1)NC(=O)c1cccc(Br)c1. The predicted octanol–water partition coefficient (Wildman–Crippen LogP) is 5.14. The first-order valence-corrected chi connectivity index (χ1v) is 10.7. The topological polar surface area (TPSA) is 58.2 Å². The van der Waals surface area contributed by atoms with Crippen LogP contribution in [0.5, 0.6) is 0 Å². The molecule has 2 N–H and O–H groups in total. The fourth-order valence-corrected chi connectivity index (χ4v) is 3.28. The highest BCUT2D eigenvalue weighted by atomic mass is 79.9. The Labute approximate surface area is 190 Å². The zero-order chi connectivity index (χ0) is 21.9. The molecule has 156 valence electrons. The molecule has 0 aromatic heterocycles. The van der Waals surface area contributed by atoms with Crippen molar-refractivity contribution in [2.75, 3.05) is 6.54 Å². The van der Waals surface area contributed by atoms with Gasteiger partial charge in [-0.2, -0.15) is 0 Å². The van der Waals surface area contributed by atoms with Gasteiger partial charge in [0.2, 0.25) is 0 Å². The standard InChI is InChI=1S/C26H23BrN2O2/c27-23-15-8-14-22(19-23)25(30)29-24(16-7-13-20-9-3-1-4-10-20)26(31)28-18-17-21-11-5-2-6-12-21/h1-16,19H,17-18H2,(H,28,31)(H,29,30)/b13-7-,24-16-. The number of hydrogen-bond donors (Lipinski definition) is 2. The molecule has 5 heteroatoms. The number of carbonyl (C=O) groups excluding carboxylic acids is 2. The van der Waals surface area contributed by atoms with Crippen LogP contribution in [0.4, 0.5) is 0 Å². The number of amides is 2. The van der Waals surface area contributed by atoms with Crippen molar-refractivity contribution in [3.8, 4) is 0 Å². The summed E-state index contributed by atoms with van der Waals surface area (Å²) in [4.78, 5) is 25.4. The lowest BCUT2D eigenvalue weighted by Crippen LogP contribution is -2.35. The van der Waals surface area contributed by atoms with Crippen molar-refractivity contribution < 1.29 is 9.59 Å². The maximum atomic E-state index is 12.8. The van der Waals surface area contributed by atoms with Crippen LogP contribution in [0.25, 0.3) is 6.08 Å². The lowest BCUT2D eigenvalue weighted by Gasteiger charge is -2.11. The maximum absolute atomic E-state index is 12.8. The molecule has 0 aliphatic heterocycles. The minimum atomic E-state index is -0.348. The predicted molar refractivity (Wildman–Crippen MR) is 128 cm³/mol. The van der Waals surface area contributed by atoms with Gasteiger partial charge in [-0.1, -0.05) is 94.8 Å². The van der Waals surface area contributed by atoms with Crippen LogP contribution in [0.2, 0.25) is 0 Å². The summed E-state index contributed by atoms with van der Waals surface area (Å²) in [5, 5.41) is 5.62. The first-order chi connectivity index (χ1) is 15.1. The van der Waals surface area contributed by atoms with Gasteiger partial charge >= 0.3 is 0 Å². The molecule has 3 aromatic rings. The summed E-state index contributed by atoms with van der Waals surface area (Å²) in [5.74, 6) is -0.684. The molecule has 0 saturated carbocycles. The number of rotatable bonds is 8. The molecule has 2 amide bonds. The lowest BCUT2D eigenvalue weighted by molar-refractivity contribution is -0.117. The van der Waals surface area contributed by atoms with Crippen LogP contribution in [0.1, 0.15) is 21.5 Å². The molecular weight excluding hydrogens is 452 g/mol. The van der Waals surface area contributed by atoms with Crippen LogP contribution in [0.15, 0.2) is 107 Å². The second-order valence-corrected chi connectivity index (χ2v) is 7.72. The molecule has 0 saturated heterocycles. The highest BCUT2D eigenvalue weighted by Crippen LogP contribution is 2.12. The lowest BCUT2D eigenvalue weighted by atomic mass is 10.1. The Kier molecular flexibility index (Phi) is 8.38. The minimum Gasteiger partial charge on any atom is -0.350 e. The van der Waals surface area contributed by atoms with Gasteiger partial charge in [0.05, 0.1) is 0 Å². The van der Waals surface area contributed by atoms with E-state index < -0.39 is 0 Å². The minimum absolute atomic E-state index is 0.185. The van der Waals surface area contributed by atoms with E-state index in [1.165, 1.54) is 0 Å². The molecule has 3 rings (SSSR count). The largest absolute Gasteiger partial charge is 0.350 e. The Bertz CT molecular complexity index is 1080. The fourth-order valence-electron chi connectivity index (χ4n) is 2.88. The van der Waals surface area contributed by atoms with E-state index in [-0.39, 0.29) is 17.5 Å². The zero-order valence-corrected chi connectivity index (χ0v) is 18.5. The second-order valence-electron chi connectivity index (χ2n) is 6.81. The monoisotopic (exact) mass is 474 g/mol. The van der Waals surface area contributed by atoms with Gasteiger partial charge in [-0.25, -0.2) is 0 Å². The average molecular weight is 475 g/mol. The van der Waals surface area contributed by atoms with E-state index in [0.717, 1.165) is 15.6 Å². The van der Waals surface area contributed by atoms with E-state index in [2.05, 4.69) is 26.6 Å². The summed E-state index contributed by atoms with van der Waals surface area (Å²) in [6, 6.07) is 26.7. The van der Waals surface area contributed by atoms with Gasteiger partial charge in [0.25, 0.3) is 11.8 Å². The quantitative estimate of drug-likeness (QED) is 0.351. The van der Waals surface area contributed by atoms with E-state index in [9.17, 15) is 9.59 Å². The number of hydrogen-bond acceptors (Lipinski definition) is 2. The number of benzene rings is 3. The Balaban J connectivity index is 1.71. The molecule has 0 aliphatic rings. The average Bonchev–Trinajstić information content (AvgIpc) is 2.79. The Morgan fingerprint density at radius 3 is 2.29 bits per heavy atom. The summed E-state index contributed by atoms with van der Waals surface area (Å²) in [6.07, 6.45) is 5.95. The highest BCUT2D eigenvalue weighted by molar-refractivity contribution is 9.10. The molecule has 31 heavy (non-hydrogen) atoms. The van der Waals surface area contributed by atoms with Gasteiger partial charge in [0.15, 0.2) is 0 Å². The number of carbonyl (C=O) groups is 2. The van der Waals surface area contributed by atoms with Gasteiger partial charge in [-0.15, -0.1) is 0 Å². The third kappa shape index (κ3) is 7.39. The van der Waals surface area contributed by atoms with E-state index in [1.54, 1.807) is 30.4 Å². The van der Waals surface area contributed by atoms with E-state index >= 15 is 0 Å². The van der Waals surface area contributed by atoms with Crippen LogP contribution in [0.3, 0.4) is 0 Å². The molecule has 0 aliphatic carbocycles. The third-order valence-electron chi connectivity index (χ3n) is 4.47. The van der Waals surface area contributed by atoms with Gasteiger partial charge < -0.3 is 10.6 Å². The van der Waals surface area contributed by atoms with Crippen LogP contribution < -0.4 is 10.6 Å². The van der Waals surface area contributed by atoms with Crippen molar-refractivity contribution in [2.24, 2.45) is 0 Å². The number of halogens is 1. The molecule has 4 nitrogen and oxygen atoms in total. The van der Waals surface area contributed by atoms with Crippen molar-refractivity contribution in [3.63, 3.8) is 0 Å². The summed E-state index contributed by atoms with van der Waals surface area (Å²) in [7, 11) is 0. The second kappa shape index (κ2) is 11.7. The highest BCUT2D eigenvalue weighted by Gasteiger charge is 2.14. The summed E-state index contributed by atoms with van der Waals surface area (Å²) in [5.41, 5.74) is 2.78. The maximum Gasteiger partial charge on any atom is 0.267 e. The van der Waals surface area contributed by atoms with E-state index in [4.69, 9.17) is 0 Å². The first kappa shape index (κ1) is 22.2. The number of nitrogens with one attached hydrogen (secondary N) is 2. The molecule has 0 bridgehead atoms. The Morgan fingerprint density at radius 2 is 1.58 bits per heavy atom. The van der Waals surface area contributed by atoms with Crippen molar-refractivity contribution in [1.29, 1.82) is 0 Å². The Morgan fingerprint density at radius 1 is 0.871 bits per heavy atom. The van der Waals surface area contributed by atoms with Gasteiger partial charge in [-0.3, -0.25) is 9.59 Å². The molecule has 3 aromatic carbocycles. The van der Waals surface area contributed by atoms with Crippen molar-refractivity contribution in [2.45, 2.75) is 6.42 Å². The van der Waals surface area contributed by atoms with Crippen LogP contribution in [0, 0.1) is 0 Å². The first-order valence-electron chi connectivity index (χ1n) is 9.94. The van der Waals surface area contributed by atoms with Crippen LogP contribution in [-0.2, 0) is 11.2 Å². The summed E-state index contributed by atoms with van der Waals surface area (Å²) >= 11 is 3.36. The molecule has 0 heterocycles. The molecule has 0 radical (unpaired) electrons. The normalized spacial score (nSPS) is 11.3. The molecule has 0 atom stereocenters. The van der Waals surface area contributed by atoms with Crippen molar-refractivity contribution in [1.82, 2.24) is 10.6 Å². The molecule has 0 spiro atoms. The number of allylic oxidation sites excluding steroid dienone is 2. The summed E-state index contributed by atoms with van der Waals surface area (Å²) in [6.45, 7) is 0.468. The third-order valence-corrected chi connectivity index (χ3v) is 4.97. The van der Waals surface area contributed by atoms with E-state index in [0.29, 0.717) is 18.5 Å². The molecular formula is C26H23BrN2O2. The van der Waals surface area contributed by atoms with E-state index in [1.807, 2.05) is 72.8 Å². The van der Waals surface area contributed by atoms with Gasteiger partial charge in [0, 0.05) is 16.6 Å². The van der Waals surface area contributed by atoms with Crippen molar-refractivity contribution >= 4 is 33.8 Å².